The Morgan fingerprint density at radius 3 is 3.00 bits per heavy atom. The Morgan fingerprint density at radius 2 is 2.28 bits per heavy atom. The van der Waals surface area contributed by atoms with Crippen molar-refractivity contribution in [2.24, 2.45) is 5.92 Å². The number of pyridine rings is 1. The molecule has 96 valence electrons. The molecular weight excluding hydrogens is 224 g/mol. The van der Waals surface area contributed by atoms with Gasteiger partial charge in [-0.1, -0.05) is 19.9 Å². The third-order valence-electron chi connectivity index (χ3n) is 2.63. The Kier molecular flexibility index (Phi) is 4.47. The molecule has 18 heavy (non-hydrogen) atoms. The maximum atomic E-state index is 4.39. The molecule has 0 radical (unpaired) electrons. The minimum Gasteiger partial charge on any atom is -0.333 e. The van der Waals surface area contributed by atoms with Crippen LogP contribution < -0.4 is 5.32 Å². The molecule has 0 saturated heterocycles. The van der Waals surface area contributed by atoms with E-state index in [0.29, 0.717) is 5.92 Å². The highest BCUT2D eigenvalue weighted by Gasteiger charge is 2.00. The lowest BCUT2D eigenvalue weighted by Gasteiger charge is -2.05. The molecule has 0 spiro atoms. The first kappa shape index (κ1) is 12.8. The van der Waals surface area contributed by atoms with Crippen molar-refractivity contribution in [2.45, 2.75) is 26.9 Å². The lowest BCUT2D eigenvalue weighted by Crippen LogP contribution is -2.19. The normalized spacial score (nSPS) is 11.1. The Balaban J connectivity index is 1.86. The van der Waals surface area contributed by atoms with Crippen LogP contribution in [0.3, 0.4) is 0 Å². The fourth-order valence-electron chi connectivity index (χ4n) is 1.78. The van der Waals surface area contributed by atoms with E-state index in [4.69, 9.17) is 0 Å². The van der Waals surface area contributed by atoms with Crippen LogP contribution in [0.25, 0.3) is 0 Å². The van der Waals surface area contributed by atoms with Gasteiger partial charge in [0.1, 0.15) is 0 Å². The number of hydrogen-bond donors (Lipinski definition) is 1. The number of hydrogen-bond acceptors (Lipinski definition) is 3. The Morgan fingerprint density at radius 1 is 1.39 bits per heavy atom. The average molecular weight is 244 g/mol. The zero-order valence-electron chi connectivity index (χ0n) is 11.0. The predicted octanol–water partition coefficient (Wildman–Crippen LogP) is 2.07. The molecule has 0 aliphatic rings. The lowest BCUT2D eigenvalue weighted by atomic mass is 10.2. The van der Waals surface area contributed by atoms with Gasteiger partial charge < -0.3 is 9.88 Å². The molecule has 0 amide bonds. The minimum atomic E-state index is 0.669. The summed E-state index contributed by atoms with van der Waals surface area (Å²) >= 11 is 0. The number of aromatic nitrogens is 3. The summed E-state index contributed by atoms with van der Waals surface area (Å²) in [4.78, 5) is 8.50. The number of rotatable bonds is 6. The first-order chi connectivity index (χ1) is 8.74. The molecule has 2 heterocycles. The third kappa shape index (κ3) is 3.96. The van der Waals surface area contributed by atoms with Crippen LogP contribution in [0.1, 0.15) is 25.1 Å². The summed E-state index contributed by atoms with van der Waals surface area (Å²) in [7, 11) is 0. The monoisotopic (exact) mass is 244 g/mol. The molecule has 4 heteroatoms. The van der Waals surface area contributed by atoms with Gasteiger partial charge in [-0.05, 0) is 24.1 Å². The largest absolute Gasteiger partial charge is 0.333 e. The summed E-state index contributed by atoms with van der Waals surface area (Å²) in [5.41, 5.74) is 2.27. The van der Waals surface area contributed by atoms with Crippen LogP contribution in [-0.2, 0) is 13.1 Å². The quantitative estimate of drug-likeness (QED) is 0.846. The van der Waals surface area contributed by atoms with Gasteiger partial charge in [0.15, 0.2) is 0 Å². The van der Waals surface area contributed by atoms with Gasteiger partial charge in [0.05, 0.1) is 18.6 Å². The molecular formula is C14H20N4. The van der Waals surface area contributed by atoms with Crippen LogP contribution in [0.5, 0.6) is 0 Å². The van der Waals surface area contributed by atoms with Gasteiger partial charge in [0.25, 0.3) is 0 Å². The lowest BCUT2D eigenvalue weighted by molar-refractivity contribution is 0.548. The van der Waals surface area contributed by atoms with E-state index in [0.717, 1.165) is 25.3 Å². The second kappa shape index (κ2) is 6.31. The maximum Gasteiger partial charge on any atom is 0.0953 e. The molecule has 2 aromatic rings. The summed E-state index contributed by atoms with van der Waals surface area (Å²) < 4.78 is 2.09. The maximum absolute atomic E-state index is 4.39. The highest BCUT2D eigenvalue weighted by Crippen LogP contribution is 2.02. The molecule has 1 N–H and O–H groups in total. The van der Waals surface area contributed by atoms with Crippen molar-refractivity contribution in [3.05, 3.63) is 48.3 Å². The molecule has 0 aliphatic carbocycles. The van der Waals surface area contributed by atoms with Crippen LogP contribution in [0.4, 0.5) is 0 Å². The van der Waals surface area contributed by atoms with Crippen molar-refractivity contribution in [3.63, 3.8) is 0 Å². The molecule has 0 unspecified atom stereocenters. The van der Waals surface area contributed by atoms with Crippen LogP contribution in [0.15, 0.2) is 37.1 Å². The standard InChI is InChI=1S/C14H20N4/c1-12(2)6-16-8-14-10-18(11-17-14)9-13-4-3-5-15-7-13/h3-5,7,10-12,16H,6,8-9H2,1-2H3. The Bertz CT molecular complexity index is 462. The fourth-order valence-corrected chi connectivity index (χ4v) is 1.78. The van der Waals surface area contributed by atoms with Crippen molar-refractivity contribution in [1.29, 1.82) is 0 Å². The number of imidazole rings is 1. The molecule has 0 aliphatic heterocycles. The average Bonchev–Trinajstić information content (AvgIpc) is 2.78. The summed E-state index contributed by atoms with van der Waals surface area (Å²) in [5, 5.41) is 3.39. The smallest absolute Gasteiger partial charge is 0.0953 e. The Labute approximate surface area is 108 Å². The van der Waals surface area contributed by atoms with Crippen molar-refractivity contribution < 1.29 is 0 Å². The molecule has 0 atom stereocenters. The van der Waals surface area contributed by atoms with Gasteiger partial charge in [-0.3, -0.25) is 4.98 Å². The molecule has 0 bridgehead atoms. The first-order valence-corrected chi connectivity index (χ1v) is 6.34. The predicted molar refractivity (Wildman–Crippen MR) is 72.1 cm³/mol. The molecule has 0 aromatic carbocycles. The summed E-state index contributed by atoms with van der Waals surface area (Å²) in [6.07, 6.45) is 7.63. The van der Waals surface area contributed by atoms with Gasteiger partial charge in [-0.15, -0.1) is 0 Å². The molecule has 0 fully saturated rings. The van der Waals surface area contributed by atoms with Crippen LogP contribution in [0.2, 0.25) is 0 Å². The first-order valence-electron chi connectivity index (χ1n) is 6.34. The van der Waals surface area contributed by atoms with Crippen molar-refractivity contribution in [3.8, 4) is 0 Å². The SMILES string of the molecule is CC(C)CNCc1cn(Cc2cccnc2)cn1. The van der Waals surface area contributed by atoms with E-state index in [1.54, 1.807) is 6.20 Å². The molecule has 2 rings (SSSR count). The van der Waals surface area contributed by atoms with E-state index >= 15 is 0 Å². The van der Waals surface area contributed by atoms with Gasteiger partial charge in [0, 0.05) is 25.1 Å². The van der Waals surface area contributed by atoms with Crippen LogP contribution in [-0.4, -0.2) is 21.1 Å². The van der Waals surface area contributed by atoms with Gasteiger partial charge >= 0.3 is 0 Å². The second-order valence-electron chi connectivity index (χ2n) is 4.92. The van der Waals surface area contributed by atoms with Gasteiger partial charge in [-0.25, -0.2) is 4.98 Å². The fraction of sp³-hybridized carbons (Fsp3) is 0.429. The third-order valence-corrected chi connectivity index (χ3v) is 2.63. The summed E-state index contributed by atoms with van der Waals surface area (Å²) in [6, 6.07) is 4.03. The van der Waals surface area contributed by atoms with E-state index in [-0.39, 0.29) is 0 Å². The van der Waals surface area contributed by atoms with Crippen molar-refractivity contribution in [1.82, 2.24) is 19.9 Å². The van der Waals surface area contributed by atoms with E-state index in [1.165, 1.54) is 5.56 Å². The second-order valence-corrected chi connectivity index (χ2v) is 4.92. The topological polar surface area (TPSA) is 42.7 Å². The van der Waals surface area contributed by atoms with Gasteiger partial charge in [-0.2, -0.15) is 0 Å². The highest BCUT2D eigenvalue weighted by molar-refractivity contribution is 5.10. The summed E-state index contributed by atoms with van der Waals surface area (Å²) in [5.74, 6) is 0.669. The molecule has 0 saturated carbocycles. The zero-order chi connectivity index (χ0) is 12.8. The summed E-state index contributed by atoms with van der Waals surface area (Å²) in [6.45, 7) is 7.08. The van der Waals surface area contributed by atoms with E-state index in [2.05, 4.69) is 46.0 Å². The van der Waals surface area contributed by atoms with E-state index in [1.807, 2.05) is 18.6 Å². The van der Waals surface area contributed by atoms with Crippen LogP contribution in [0, 0.1) is 5.92 Å². The van der Waals surface area contributed by atoms with Gasteiger partial charge in [0.2, 0.25) is 0 Å². The minimum absolute atomic E-state index is 0.669. The van der Waals surface area contributed by atoms with Crippen molar-refractivity contribution >= 4 is 0 Å². The van der Waals surface area contributed by atoms with Crippen molar-refractivity contribution in [2.75, 3.05) is 6.54 Å². The number of nitrogens with zero attached hydrogens (tertiary/aromatic N) is 3. The highest BCUT2D eigenvalue weighted by atomic mass is 15.0. The number of nitrogens with one attached hydrogen (secondary N) is 1. The van der Waals surface area contributed by atoms with E-state index in [9.17, 15) is 0 Å². The van der Waals surface area contributed by atoms with Crippen LogP contribution >= 0.6 is 0 Å². The zero-order valence-corrected chi connectivity index (χ0v) is 11.0. The molecule has 2 aromatic heterocycles. The van der Waals surface area contributed by atoms with E-state index < -0.39 is 0 Å². The Hall–Kier alpha value is -1.68. The molecule has 4 nitrogen and oxygen atoms in total.